The van der Waals surface area contributed by atoms with Gasteiger partial charge in [0.1, 0.15) is 0 Å². The lowest BCUT2D eigenvalue weighted by Gasteiger charge is -2.19. The van der Waals surface area contributed by atoms with Crippen LogP contribution < -0.4 is 5.56 Å². The lowest BCUT2D eigenvalue weighted by molar-refractivity contribution is 0.367. The van der Waals surface area contributed by atoms with Gasteiger partial charge in [0, 0.05) is 40.6 Å². The van der Waals surface area contributed by atoms with E-state index in [-0.39, 0.29) is 5.56 Å². The highest BCUT2D eigenvalue weighted by atomic mass is 79.9. The highest BCUT2D eigenvalue weighted by Crippen LogP contribution is 2.27. The van der Waals surface area contributed by atoms with Gasteiger partial charge in [-0.3, -0.25) is 9.78 Å². The molecule has 0 aliphatic carbocycles. The van der Waals surface area contributed by atoms with Crippen LogP contribution in [0.15, 0.2) is 113 Å². The van der Waals surface area contributed by atoms with Crippen molar-refractivity contribution in [3.05, 3.63) is 141 Å². The summed E-state index contributed by atoms with van der Waals surface area (Å²) in [4.78, 5) is 21.4. The third-order valence-electron chi connectivity index (χ3n) is 7.10. The molecule has 1 atom stereocenters. The molecule has 42 heavy (non-hydrogen) atoms. The summed E-state index contributed by atoms with van der Waals surface area (Å²) >= 11 is 3.49. The van der Waals surface area contributed by atoms with E-state index in [0.717, 1.165) is 52.6 Å². The lowest BCUT2D eigenvalue weighted by Crippen LogP contribution is -2.29. The van der Waals surface area contributed by atoms with E-state index in [1.165, 1.54) is 11.1 Å². The molecule has 0 saturated heterocycles. The van der Waals surface area contributed by atoms with Crippen LogP contribution in [0.5, 0.6) is 0 Å². The zero-order valence-electron chi connectivity index (χ0n) is 25.0. The molecule has 0 N–H and O–H groups in total. The number of fused-ring (bicyclic) bond motifs is 1. The highest BCUT2D eigenvalue weighted by Gasteiger charge is 2.15. The van der Waals surface area contributed by atoms with E-state index in [2.05, 4.69) is 98.4 Å². The van der Waals surface area contributed by atoms with Crippen molar-refractivity contribution >= 4 is 26.7 Å². The Kier molecular flexibility index (Phi) is 11.6. The van der Waals surface area contributed by atoms with E-state index < -0.39 is 0 Å². The summed E-state index contributed by atoms with van der Waals surface area (Å²) in [5.74, 6) is 0.358. The summed E-state index contributed by atoms with van der Waals surface area (Å²) in [6.45, 7) is 2.44. The molecule has 0 aliphatic heterocycles. The average molecular weight is 627 g/mol. The first-order valence-corrected chi connectivity index (χ1v) is 15.1. The van der Waals surface area contributed by atoms with Crippen molar-refractivity contribution in [2.24, 2.45) is 0 Å². The van der Waals surface area contributed by atoms with Crippen LogP contribution in [0.3, 0.4) is 0 Å². The Balaban J connectivity index is 0.000000197. The third-order valence-corrected chi connectivity index (χ3v) is 7.63. The first-order chi connectivity index (χ1) is 20.3. The van der Waals surface area contributed by atoms with E-state index in [0.29, 0.717) is 12.5 Å². The van der Waals surface area contributed by atoms with Gasteiger partial charge >= 0.3 is 0 Å². The smallest absolute Gasteiger partial charge is 0.274 e. The Labute approximate surface area is 257 Å². The standard InChI is InChI=1S/C19H21N3O.C16H19BrN2/c1-21(2)12-13-22-19(23)17-11-7-6-10-16(17)18(20-22)14-15-8-4-3-5-9-15;1-19(2)12-10-15(16-5-3-4-11-18-16)13-6-8-14(17)9-7-13/h3-11H,12-14H2,1-2H3;3-9,11,15H,10,12H2,1-2H3/t;15-/m.0/s1. The molecule has 5 aromatic rings. The van der Waals surface area contributed by atoms with Crippen molar-refractivity contribution in [1.29, 1.82) is 0 Å². The zero-order valence-corrected chi connectivity index (χ0v) is 26.5. The summed E-state index contributed by atoms with van der Waals surface area (Å²) in [7, 11) is 8.21. The van der Waals surface area contributed by atoms with Gasteiger partial charge in [-0.2, -0.15) is 5.10 Å². The fourth-order valence-electron chi connectivity index (χ4n) is 4.82. The molecule has 0 fully saturated rings. The molecule has 0 bridgehead atoms. The van der Waals surface area contributed by atoms with Crippen LogP contribution >= 0.6 is 15.9 Å². The van der Waals surface area contributed by atoms with Crippen LogP contribution in [-0.2, 0) is 13.0 Å². The molecule has 0 radical (unpaired) electrons. The second-order valence-corrected chi connectivity index (χ2v) is 11.9. The van der Waals surface area contributed by atoms with Crippen LogP contribution in [0.4, 0.5) is 0 Å². The Hall–Kier alpha value is -3.65. The Morgan fingerprint density at radius 1 is 0.762 bits per heavy atom. The maximum Gasteiger partial charge on any atom is 0.274 e. The number of hydrogen-bond acceptors (Lipinski definition) is 5. The van der Waals surface area contributed by atoms with Gasteiger partial charge in [-0.05, 0) is 82.6 Å². The minimum atomic E-state index is -0.0146. The summed E-state index contributed by atoms with van der Waals surface area (Å²) in [5.41, 5.74) is 4.60. The van der Waals surface area contributed by atoms with Gasteiger partial charge in [0.25, 0.3) is 5.56 Å². The van der Waals surface area contributed by atoms with Gasteiger partial charge in [-0.1, -0.05) is 82.7 Å². The van der Waals surface area contributed by atoms with Gasteiger partial charge in [0.05, 0.1) is 17.6 Å². The van der Waals surface area contributed by atoms with Gasteiger partial charge in [0.15, 0.2) is 0 Å². The summed E-state index contributed by atoms with van der Waals surface area (Å²) in [6, 6.07) is 32.7. The quantitative estimate of drug-likeness (QED) is 0.178. The molecule has 6 nitrogen and oxygen atoms in total. The molecule has 0 saturated carbocycles. The Morgan fingerprint density at radius 3 is 2.05 bits per heavy atom. The number of hydrogen-bond donors (Lipinski definition) is 0. The number of pyridine rings is 1. The minimum Gasteiger partial charge on any atom is -0.309 e. The van der Waals surface area contributed by atoms with Crippen molar-refractivity contribution in [1.82, 2.24) is 24.6 Å². The van der Waals surface area contributed by atoms with Crippen LogP contribution in [0, 0.1) is 0 Å². The predicted octanol–water partition coefficient (Wildman–Crippen LogP) is 6.48. The highest BCUT2D eigenvalue weighted by molar-refractivity contribution is 9.10. The van der Waals surface area contributed by atoms with E-state index in [1.807, 2.05) is 68.8 Å². The predicted molar refractivity (Wildman–Crippen MR) is 177 cm³/mol. The summed E-state index contributed by atoms with van der Waals surface area (Å²) in [5, 5.41) is 6.33. The van der Waals surface area contributed by atoms with Crippen molar-refractivity contribution in [3.8, 4) is 0 Å². The van der Waals surface area contributed by atoms with Gasteiger partial charge in [-0.15, -0.1) is 0 Å². The van der Waals surface area contributed by atoms with Crippen molar-refractivity contribution in [2.45, 2.75) is 25.3 Å². The summed E-state index contributed by atoms with van der Waals surface area (Å²) in [6.07, 6.45) is 3.67. The molecule has 218 valence electrons. The first kappa shape index (κ1) is 31.3. The number of rotatable bonds is 10. The van der Waals surface area contributed by atoms with E-state index in [4.69, 9.17) is 0 Å². The number of likely N-dealkylation sites (N-methyl/N-ethyl adjacent to an activating group) is 1. The molecule has 0 spiro atoms. The molecule has 0 unspecified atom stereocenters. The fourth-order valence-corrected chi connectivity index (χ4v) is 5.09. The second kappa shape index (κ2) is 15.5. The second-order valence-electron chi connectivity index (χ2n) is 10.9. The number of benzene rings is 3. The van der Waals surface area contributed by atoms with Crippen molar-refractivity contribution in [2.75, 3.05) is 41.3 Å². The number of nitrogens with zero attached hydrogens (tertiary/aromatic N) is 5. The summed E-state index contributed by atoms with van der Waals surface area (Å²) < 4.78 is 2.71. The lowest BCUT2D eigenvalue weighted by atomic mass is 9.92. The maximum absolute atomic E-state index is 12.6. The fraction of sp³-hybridized carbons (Fsp3) is 0.286. The van der Waals surface area contributed by atoms with E-state index in [1.54, 1.807) is 4.68 Å². The molecule has 5 rings (SSSR count). The largest absolute Gasteiger partial charge is 0.309 e. The Bertz CT molecular complexity index is 1590. The van der Waals surface area contributed by atoms with E-state index in [9.17, 15) is 4.79 Å². The molecule has 3 aromatic carbocycles. The topological polar surface area (TPSA) is 54.3 Å². The van der Waals surface area contributed by atoms with Gasteiger partial charge in [0.2, 0.25) is 0 Å². The molecule has 2 heterocycles. The van der Waals surface area contributed by atoms with Crippen molar-refractivity contribution in [3.63, 3.8) is 0 Å². The normalized spacial score (nSPS) is 11.9. The monoisotopic (exact) mass is 625 g/mol. The zero-order chi connectivity index (χ0) is 29.9. The van der Waals surface area contributed by atoms with Crippen LogP contribution in [0.25, 0.3) is 10.8 Å². The molecule has 7 heteroatoms. The maximum atomic E-state index is 12.6. The van der Waals surface area contributed by atoms with Crippen LogP contribution in [-0.4, -0.2) is 65.8 Å². The molecule has 2 aromatic heterocycles. The number of aromatic nitrogens is 3. The van der Waals surface area contributed by atoms with Crippen LogP contribution in [0.1, 0.15) is 34.9 Å². The third kappa shape index (κ3) is 8.92. The average Bonchev–Trinajstić information content (AvgIpc) is 3.00. The molecule has 0 aliphatic rings. The first-order valence-electron chi connectivity index (χ1n) is 14.3. The molecular weight excluding hydrogens is 586 g/mol. The van der Waals surface area contributed by atoms with Gasteiger partial charge < -0.3 is 9.80 Å². The molecule has 0 amide bonds. The Morgan fingerprint density at radius 2 is 1.40 bits per heavy atom. The minimum absolute atomic E-state index is 0.0146. The van der Waals surface area contributed by atoms with Crippen molar-refractivity contribution < 1.29 is 0 Å². The SMILES string of the molecule is CN(C)CC[C@@H](c1ccc(Br)cc1)c1ccccn1.CN(C)CCn1nc(Cc2ccccc2)c2ccccc2c1=O. The van der Waals surface area contributed by atoms with Gasteiger partial charge in [-0.25, -0.2) is 4.68 Å². The number of halogens is 1. The molecular formula is C35H40BrN5O. The van der Waals surface area contributed by atoms with Crippen LogP contribution in [0.2, 0.25) is 0 Å². The van der Waals surface area contributed by atoms with E-state index >= 15 is 0 Å².